The van der Waals surface area contributed by atoms with Gasteiger partial charge in [-0.3, -0.25) is 19.2 Å². The van der Waals surface area contributed by atoms with Crippen LogP contribution in [0, 0.1) is 0 Å². The van der Waals surface area contributed by atoms with Gasteiger partial charge in [0.25, 0.3) is 0 Å². The number of aliphatic hydroxyl groups excluding tert-OH is 1. The van der Waals surface area contributed by atoms with Crippen LogP contribution >= 0.6 is 0 Å². The summed E-state index contributed by atoms with van der Waals surface area (Å²) in [7, 11) is 0. The molecule has 1 saturated heterocycles. The van der Waals surface area contributed by atoms with Crippen LogP contribution < -0.4 is 5.32 Å². The summed E-state index contributed by atoms with van der Waals surface area (Å²) in [6.45, 7) is 2.25. The maximum Gasteiger partial charge on any atom is 0.471 e. The van der Waals surface area contributed by atoms with E-state index >= 15 is 0 Å². The van der Waals surface area contributed by atoms with Gasteiger partial charge in [-0.1, -0.05) is 0 Å². The molecule has 1 unspecified atom stereocenters. The van der Waals surface area contributed by atoms with E-state index in [1.54, 1.807) is 0 Å². The monoisotopic (exact) mass is 401 g/mol. The van der Waals surface area contributed by atoms with Gasteiger partial charge in [-0.2, -0.15) is 13.2 Å². The number of alkyl halides is 3. The highest BCUT2D eigenvalue weighted by molar-refractivity contribution is 5.82. The molecule has 27 heavy (non-hydrogen) atoms. The third-order valence-electron chi connectivity index (χ3n) is 3.28. The van der Waals surface area contributed by atoms with Crippen molar-refractivity contribution in [3.63, 3.8) is 0 Å². The van der Waals surface area contributed by atoms with Gasteiger partial charge in [0, 0.05) is 20.8 Å². The number of ether oxygens (including phenoxy) is 4. The fourth-order valence-corrected chi connectivity index (χ4v) is 2.32. The number of aliphatic hydroxyl groups is 1. The summed E-state index contributed by atoms with van der Waals surface area (Å²) in [6.07, 6.45) is -12.2. The molecule has 1 aliphatic rings. The van der Waals surface area contributed by atoms with Gasteiger partial charge in [0.05, 0.1) is 0 Å². The van der Waals surface area contributed by atoms with Crippen LogP contribution in [0.3, 0.4) is 0 Å². The third-order valence-corrected chi connectivity index (χ3v) is 3.28. The van der Waals surface area contributed by atoms with Crippen molar-refractivity contribution in [2.75, 3.05) is 6.61 Å². The largest absolute Gasteiger partial charge is 0.471 e. The Morgan fingerprint density at radius 1 is 1.00 bits per heavy atom. The maximum atomic E-state index is 12.6. The topological polar surface area (TPSA) is 137 Å². The minimum atomic E-state index is -5.31. The van der Waals surface area contributed by atoms with E-state index in [0.29, 0.717) is 0 Å². The van der Waals surface area contributed by atoms with Gasteiger partial charge in [-0.15, -0.1) is 0 Å². The molecular formula is C14H18F3NO9. The minimum absolute atomic E-state index is 0.616. The Bertz CT molecular complexity index is 595. The summed E-state index contributed by atoms with van der Waals surface area (Å²) in [5, 5.41) is 11.5. The lowest BCUT2D eigenvalue weighted by Crippen LogP contribution is -2.67. The second-order valence-corrected chi connectivity index (χ2v) is 5.51. The zero-order chi connectivity index (χ0) is 20.9. The first-order valence-electron chi connectivity index (χ1n) is 7.52. The molecule has 0 bridgehead atoms. The quantitative estimate of drug-likeness (QED) is 0.447. The molecule has 13 heteroatoms. The van der Waals surface area contributed by atoms with E-state index in [2.05, 4.69) is 4.74 Å². The first kappa shape index (κ1) is 22.6. The zero-order valence-electron chi connectivity index (χ0n) is 14.4. The molecule has 10 nitrogen and oxygen atoms in total. The SMILES string of the molecule is CC(=O)OC[C@H]1OC(O)[C@H](OC(C)=O)[C@@H](NC(=O)C(F)(F)F)[C@@H]1OC(C)=O. The number of hydrogen-bond donors (Lipinski definition) is 2. The molecule has 1 aliphatic heterocycles. The summed E-state index contributed by atoms with van der Waals surface area (Å²) in [5.74, 6) is -5.19. The van der Waals surface area contributed by atoms with Crippen molar-refractivity contribution in [3.8, 4) is 0 Å². The van der Waals surface area contributed by atoms with Crippen LogP contribution in [0.5, 0.6) is 0 Å². The van der Waals surface area contributed by atoms with Crippen molar-refractivity contribution in [1.82, 2.24) is 5.32 Å². The van der Waals surface area contributed by atoms with Crippen molar-refractivity contribution in [3.05, 3.63) is 0 Å². The van der Waals surface area contributed by atoms with E-state index < -0.39 is 67.2 Å². The van der Waals surface area contributed by atoms with Crippen LogP contribution in [0.2, 0.25) is 0 Å². The first-order chi connectivity index (χ1) is 12.3. The first-order valence-corrected chi connectivity index (χ1v) is 7.52. The Labute approximate surface area is 150 Å². The molecule has 1 heterocycles. The number of carbonyl (C=O) groups is 4. The van der Waals surface area contributed by atoms with Crippen LogP contribution in [0.1, 0.15) is 20.8 Å². The smallest absolute Gasteiger partial charge is 0.463 e. The molecule has 1 fully saturated rings. The molecule has 1 rings (SSSR count). The number of halogens is 3. The second kappa shape index (κ2) is 8.99. The number of carbonyl (C=O) groups excluding carboxylic acids is 4. The maximum absolute atomic E-state index is 12.6. The van der Waals surface area contributed by atoms with Gasteiger partial charge in [0.1, 0.15) is 18.8 Å². The summed E-state index contributed by atoms with van der Waals surface area (Å²) in [5.41, 5.74) is 0. The summed E-state index contributed by atoms with van der Waals surface area (Å²) in [4.78, 5) is 44.9. The molecule has 0 saturated carbocycles. The van der Waals surface area contributed by atoms with Gasteiger partial charge in [-0.05, 0) is 0 Å². The lowest BCUT2D eigenvalue weighted by molar-refractivity contribution is -0.272. The molecule has 0 spiro atoms. The average Bonchev–Trinajstić information content (AvgIpc) is 2.49. The normalized spacial score (nSPS) is 28.0. The van der Waals surface area contributed by atoms with Crippen LogP contribution in [0.15, 0.2) is 0 Å². The van der Waals surface area contributed by atoms with Crippen LogP contribution in [0.4, 0.5) is 13.2 Å². The van der Waals surface area contributed by atoms with Crippen molar-refractivity contribution in [2.24, 2.45) is 0 Å². The van der Waals surface area contributed by atoms with Gasteiger partial charge in [0.15, 0.2) is 18.5 Å². The van der Waals surface area contributed by atoms with Crippen molar-refractivity contribution in [1.29, 1.82) is 0 Å². The highest BCUT2D eigenvalue weighted by Crippen LogP contribution is 2.27. The predicted octanol–water partition coefficient (Wildman–Crippen LogP) is -0.823. The summed E-state index contributed by atoms with van der Waals surface area (Å²) >= 11 is 0. The number of nitrogens with one attached hydrogen (secondary N) is 1. The fourth-order valence-electron chi connectivity index (χ4n) is 2.32. The van der Waals surface area contributed by atoms with E-state index in [0.717, 1.165) is 20.8 Å². The van der Waals surface area contributed by atoms with Crippen molar-refractivity contribution < 1.29 is 56.4 Å². The summed E-state index contributed by atoms with van der Waals surface area (Å²) < 4.78 is 57.2. The van der Waals surface area contributed by atoms with E-state index in [1.165, 1.54) is 5.32 Å². The number of hydrogen-bond acceptors (Lipinski definition) is 9. The van der Waals surface area contributed by atoms with E-state index in [9.17, 15) is 37.5 Å². The Morgan fingerprint density at radius 3 is 1.96 bits per heavy atom. The lowest BCUT2D eigenvalue weighted by Gasteiger charge is -2.43. The van der Waals surface area contributed by atoms with Crippen LogP contribution in [-0.4, -0.2) is 72.3 Å². The molecule has 154 valence electrons. The number of rotatable bonds is 5. The standard InChI is InChI=1S/C14H18F3NO9/c1-5(19)24-4-8-10(25-6(2)20)9(18-13(23)14(15,16)17)11(12(22)27-8)26-7(3)21/h8-12,22H,4H2,1-3H3,(H,18,23)/t8-,9+,10-,11-,12?/m1/s1. The molecule has 2 N–H and O–H groups in total. The van der Waals surface area contributed by atoms with Gasteiger partial charge < -0.3 is 29.4 Å². The number of amides is 1. The summed E-state index contributed by atoms with van der Waals surface area (Å²) in [6, 6.07) is -1.84. The van der Waals surface area contributed by atoms with Gasteiger partial charge >= 0.3 is 30.0 Å². The average molecular weight is 401 g/mol. The van der Waals surface area contributed by atoms with Crippen molar-refractivity contribution >= 4 is 23.8 Å². The third kappa shape index (κ3) is 6.67. The molecule has 5 atom stereocenters. The van der Waals surface area contributed by atoms with Crippen molar-refractivity contribution in [2.45, 2.75) is 57.6 Å². The van der Waals surface area contributed by atoms with Crippen LogP contribution in [0.25, 0.3) is 0 Å². The highest BCUT2D eigenvalue weighted by Gasteiger charge is 2.52. The Morgan fingerprint density at radius 2 is 1.52 bits per heavy atom. The highest BCUT2D eigenvalue weighted by atomic mass is 19.4. The molecular weight excluding hydrogens is 383 g/mol. The Balaban J connectivity index is 3.23. The van der Waals surface area contributed by atoms with Gasteiger partial charge in [-0.25, -0.2) is 0 Å². The minimum Gasteiger partial charge on any atom is -0.463 e. The number of esters is 3. The molecule has 0 aromatic rings. The Hall–Kier alpha value is -2.41. The molecule has 0 aromatic heterocycles. The second-order valence-electron chi connectivity index (χ2n) is 5.51. The van der Waals surface area contributed by atoms with Gasteiger partial charge in [0.2, 0.25) is 0 Å². The molecule has 0 aliphatic carbocycles. The molecule has 0 radical (unpaired) electrons. The van der Waals surface area contributed by atoms with Crippen LogP contribution in [-0.2, 0) is 38.1 Å². The predicted molar refractivity (Wildman–Crippen MR) is 76.6 cm³/mol. The van der Waals surface area contributed by atoms with E-state index in [4.69, 9.17) is 14.2 Å². The molecule has 0 aromatic carbocycles. The van der Waals surface area contributed by atoms with E-state index in [1.807, 2.05) is 0 Å². The fraction of sp³-hybridized carbons (Fsp3) is 0.714. The Kier molecular flexibility index (Phi) is 7.54. The lowest BCUT2D eigenvalue weighted by atomic mass is 9.95. The van der Waals surface area contributed by atoms with E-state index in [-0.39, 0.29) is 0 Å². The molecule has 1 amide bonds. The zero-order valence-corrected chi connectivity index (χ0v) is 14.4.